The standard InChI is InChI=1S/C12H17FN4OS/c1-17(2)8-7-11(18)15-16-12(19)14-10-5-3-9(13)4-6-10/h3-6H,7-8H2,1-2H3,(H,15,18)(H2,14,16,19)/p+1. The van der Waals surface area contributed by atoms with E-state index in [1.54, 1.807) is 12.1 Å². The molecule has 0 fully saturated rings. The van der Waals surface area contributed by atoms with Crippen LogP contribution in [0.3, 0.4) is 0 Å². The summed E-state index contributed by atoms with van der Waals surface area (Å²) in [4.78, 5) is 12.6. The molecule has 0 aliphatic carbocycles. The molecule has 1 aromatic rings. The molecular formula is C12H18FN4OS+. The van der Waals surface area contributed by atoms with Crippen LogP contribution < -0.4 is 21.1 Å². The minimum absolute atomic E-state index is 0.135. The van der Waals surface area contributed by atoms with Gasteiger partial charge in [0.2, 0.25) is 5.91 Å². The highest BCUT2D eigenvalue weighted by atomic mass is 32.1. The average molecular weight is 285 g/mol. The predicted octanol–water partition coefficient (Wildman–Crippen LogP) is -0.322. The molecule has 0 aliphatic rings. The van der Waals surface area contributed by atoms with Crippen LogP contribution in [0.2, 0.25) is 0 Å². The van der Waals surface area contributed by atoms with Gasteiger partial charge < -0.3 is 10.2 Å². The molecule has 0 aliphatic heterocycles. The van der Waals surface area contributed by atoms with Gasteiger partial charge in [0.25, 0.3) is 0 Å². The highest BCUT2D eigenvalue weighted by Crippen LogP contribution is 2.07. The topological polar surface area (TPSA) is 57.6 Å². The van der Waals surface area contributed by atoms with Gasteiger partial charge in [0.05, 0.1) is 27.1 Å². The molecule has 0 unspecified atom stereocenters. The summed E-state index contributed by atoms with van der Waals surface area (Å²) in [7, 11) is 3.95. The van der Waals surface area contributed by atoms with E-state index in [0.29, 0.717) is 12.1 Å². The zero-order chi connectivity index (χ0) is 14.3. The molecule has 0 spiro atoms. The third kappa shape index (κ3) is 6.68. The number of hydrogen-bond acceptors (Lipinski definition) is 2. The summed E-state index contributed by atoms with van der Waals surface area (Å²) in [6.07, 6.45) is 0.411. The largest absolute Gasteiger partial charge is 0.339 e. The maximum atomic E-state index is 12.7. The molecule has 104 valence electrons. The molecule has 0 heterocycles. The molecule has 0 bridgehead atoms. The van der Waals surface area contributed by atoms with E-state index < -0.39 is 0 Å². The number of benzene rings is 1. The van der Waals surface area contributed by atoms with Crippen LogP contribution in [0.4, 0.5) is 10.1 Å². The molecule has 19 heavy (non-hydrogen) atoms. The van der Waals surface area contributed by atoms with Gasteiger partial charge in [-0.2, -0.15) is 0 Å². The van der Waals surface area contributed by atoms with Gasteiger partial charge in [-0.1, -0.05) is 0 Å². The maximum absolute atomic E-state index is 12.7. The fourth-order valence-electron chi connectivity index (χ4n) is 1.25. The van der Waals surface area contributed by atoms with Crippen molar-refractivity contribution in [1.29, 1.82) is 0 Å². The van der Waals surface area contributed by atoms with Gasteiger partial charge in [-0.15, -0.1) is 0 Å². The number of hydrogen-bond donors (Lipinski definition) is 4. The summed E-state index contributed by atoms with van der Waals surface area (Å²) in [6, 6.07) is 5.76. The Hall–Kier alpha value is -1.73. The Balaban J connectivity index is 2.28. The van der Waals surface area contributed by atoms with E-state index in [4.69, 9.17) is 12.2 Å². The van der Waals surface area contributed by atoms with Gasteiger partial charge in [-0.25, -0.2) is 4.39 Å². The number of rotatable bonds is 4. The predicted molar refractivity (Wildman–Crippen MR) is 76.2 cm³/mol. The Morgan fingerprint density at radius 2 is 1.89 bits per heavy atom. The second kappa shape index (κ2) is 7.65. The lowest BCUT2D eigenvalue weighted by Crippen LogP contribution is -3.05. The van der Waals surface area contributed by atoms with Crippen molar-refractivity contribution in [1.82, 2.24) is 10.9 Å². The number of nitrogens with one attached hydrogen (secondary N) is 4. The summed E-state index contributed by atoms with van der Waals surface area (Å²) in [5, 5.41) is 3.07. The Morgan fingerprint density at radius 1 is 1.26 bits per heavy atom. The maximum Gasteiger partial charge on any atom is 0.244 e. The van der Waals surface area contributed by atoms with Crippen LogP contribution >= 0.6 is 12.2 Å². The lowest BCUT2D eigenvalue weighted by molar-refractivity contribution is -0.857. The molecule has 4 N–H and O–H groups in total. The fraction of sp³-hybridized carbons (Fsp3) is 0.333. The van der Waals surface area contributed by atoms with Gasteiger partial charge in [0.15, 0.2) is 5.11 Å². The van der Waals surface area contributed by atoms with Crippen molar-refractivity contribution in [2.24, 2.45) is 0 Å². The van der Waals surface area contributed by atoms with Crippen molar-refractivity contribution >= 4 is 28.9 Å². The first-order valence-electron chi connectivity index (χ1n) is 5.88. The zero-order valence-electron chi connectivity index (χ0n) is 10.9. The minimum atomic E-state index is -0.316. The van der Waals surface area contributed by atoms with Crippen LogP contribution in [0.15, 0.2) is 24.3 Å². The number of hydrazine groups is 1. The molecule has 1 amide bonds. The summed E-state index contributed by atoms with van der Waals surface area (Å²) in [5.74, 6) is -0.451. The van der Waals surface area contributed by atoms with E-state index in [0.717, 1.165) is 6.54 Å². The summed E-state index contributed by atoms with van der Waals surface area (Å²) >= 11 is 4.99. The molecule has 0 saturated heterocycles. The number of thiocarbonyl (C=S) groups is 1. The van der Waals surface area contributed by atoms with E-state index >= 15 is 0 Å². The van der Waals surface area contributed by atoms with Crippen molar-refractivity contribution in [3.63, 3.8) is 0 Å². The van der Waals surface area contributed by atoms with Crippen LogP contribution in [-0.2, 0) is 4.79 Å². The van der Waals surface area contributed by atoms with E-state index in [-0.39, 0.29) is 16.8 Å². The number of anilines is 1. The van der Waals surface area contributed by atoms with Crippen LogP contribution in [0.25, 0.3) is 0 Å². The highest BCUT2D eigenvalue weighted by Gasteiger charge is 2.04. The van der Waals surface area contributed by atoms with Gasteiger partial charge in [-0.3, -0.25) is 15.6 Å². The van der Waals surface area contributed by atoms with Crippen molar-refractivity contribution in [2.75, 3.05) is 26.0 Å². The number of carbonyl (C=O) groups excluding carboxylic acids is 1. The first kappa shape index (κ1) is 15.3. The molecule has 0 radical (unpaired) electrons. The number of halogens is 1. The smallest absolute Gasteiger partial charge is 0.244 e. The van der Waals surface area contributed by atoms with Crippen molar-refractivity contribution in [2.45, 2.75) is 6.42 Å². The number of carbonyl (C=O) groups is 1. The third-order valence-electron chi connectivity index (χ3n) is 2.27. The quantitative estimate of drug-likeness (QED) is 0.452. The van der Waals surface area contributed by atoms with Crippen LogP contribution in [-0.4, -0.2) is 31.7 Å². The molecule has 7 heteroatoms. The fourth-order valence-corrected chi connectivity index (χ4v) is 1.42. The second-order valence-corrected chi connectivity index (χ2v) is 4.75. The normalized spacial score (nSPS) is 10.1. The SMILES string of the molecule is C[NH+](C)CCC(=O)NNC(=S)Nc1ccc(F)cc1. The monoisotopic (exact) mass is 285 g/mol. The highest BCUT2D eigenvalue weighted by molar-refractivity contribution is 7.80. The summed E-state index contributed by atoms with van der Waals surface area (Å²) in [5.41, 5.74) is 5.72. The Morgan fingerprint density at radius 3 is 2.47 bits per heavy atom. The van der Waals surface area contributed by atoms with Crippen molar-refractivity contribution < 1.29 is 14.1 Å². The molecule has 0 saturated carbocycles. The first-order chi connectivity index (χ1) is 8.97. The van der Waals surface area contributed by atoms with E-state index in [1.807, 2.05) is 14.1 Å². The van der Waals surface area contributed by atoms with E-state index in [9.17, 15) is 9.18 Å². The van der Waals surface area contributed by atoms with Crippen LogP contribution in [0.5, 0.6) is 0 Å². The second-order valence-electron chi connectivity index (χ2n) is 4.34. The molecular weight excluding hydrogens is 267 g/mol. The Bertz CT molecular complexity index is 436. The van der Waals surface area contributed by atoms with E-state index in [1.165, 1.54) is 17.0 Å². The van der Waals surface area contributed by atoms with Crippen LogP contribution in [0, 0.1) is 5.82 Å². The van der Waals surface area contributed by atoms with Crippen LogP contribution in [0.1, 0.15) is 6.42 Å². The lowest BCUT2D eigenvalue weighted by Gasteiger charge is -2.12. The van der Waals surface area contributed by atoms with Gasteiger partial charge in [0.1, 0.15) is 5.82 Å². The van der Waals surface area contributed by atoms with E-state index in [2.05, 4.69) is 16.2 Å². The number of quaternary nitrogens is 1. The van der Waals surface area contributed by atoms with Crippen molar-refractivity contribution in [3.05, 3.63) is 30.1 Å². The zero-order valence-corrected chi connectivity index (χ0v) is 11.7. The van der Waals surface area contributed by atoms with Gasteiger partial charge in [-0.05, 0) is 36.5 Å². The number of amides is 1. The molecule has 5 nitrogen and oxygen atoms in total. The molecule has 0 atom stereocenters. The summed E-state index contributed by atoms with van der Waals surface area (Å²) in [6.45, 7) is 0.742. The van der Waals surface area contributed by atoms with Crippen molar-refractivity contribution in [3.8, 4) is 0 Å². The Labute approximate surface area is 117 Å². The molecule has 1 rings (SSSR count). The van der Waals surface area contributed by atoms with Gasteiger partial charge >= 0.3 is 0 Å². The average Bonchev–Trinajstić information content (AvgIpc) is 2.36. The minimum Gasteiger partial charge on any atom is -0.339 e. The first-order valence-corrected chi connectivity index (χ1v) is 6.28. The molecule has 1 aromatic carbocycles. The Kier molecular flexibility index (Phi) is 6.17. The third-order valence-corrected chi connectivity index (χ3v) is 2.47. The summed E-state index contributed by atoms with van der Waals surface area (Å²) < 4.78 is 12.7. The molecule has 0 aromatic heterocycles. The van der Waals surface area contributed by atoms with Gasteiger partial charge in [0, 0.05) is 5.69 Å². The lowest BCUT2D eigenvalue weighted by atomic mass is 10.3.